The fraction of sp³-hybridized carbons (Fsp3) is 0.316. The van der Waals surface area contributed by atoms with Crippen LogP contribution in [0.2, 0.25) is 0 Å². The quantitative estimate of drug-likeness (QED) is 0.629. The van der Waals surface area contributed by atoms with Crippen LogP contribution in [0.5, 0.6) is 17.2 Å². The number of carbonyl (C=O) groups excluding carboxylic acids is 1. The highest BCUT2D eigenvalue weighted by molar-refractivity contribution is 5.75. The van der Waals surface area contributed by atoms with Crippen LogP contribution in [0.1, 0.15) is 25.8 Å². The SMILES string of the molecule is CCOC(=O)C(CC)Oc1ccc(Oc2ccc(C(F)(F)F)cc2)cc1. The highest BCUT2D eigenvalue weighted by Gasteiger charge is 2.30. The molecule has 1 atom stereocenters. The first-order valence-electron chi connectivity index (χ1n) is 8.12. The molecule has 0 aliphatic heterocycles. The Balaban J connectivity index is 1.99. The molecule has 2 aromatic carbocycles. The number of carbonyl (C=O) groups is 1. The zero-order valence-electron chi connectivity index (χ0n) is 14.4. The summed E-state index contributed by atoms with van der Waals surface area (Å²) in [7, 11) is 0. The van der Waals surface area contributed by atoms with Crippen LogP contribution in [0.15, 0.2) is 48.5 Å². The van der Waals surface area contributed by atoms with Crippen LogP contribution in [-0.4, -0.2) is 18.7 Å². The molecule has 0 bridgehead atoms. The minimum absolute atomic E-state index is 0.276. The molecule has 140 valence electrons. The van der Waals surface area contributed by atoms with Crippen molar-refractivity contribution in [2.24, 2.45) is 0 Å². The lowest BCUT2D eigenvalue weighted by Crippen LogP contribution is -2.28. The molecule has 1 unspecified atom stereocenters. The van der Waals surface area contributed by atoms with Gasteiger partial charge in [0.15, 0.2) is 6.10 Å². The zero-order chi connectivity index (χ0) is 19.2. The molecule has 0 aliphatic rings. The number of hydrogen-bond acceptors (Lipinski definition) is 4. The molecule has 0 aromatic heterocycles. The lowest BCUT2D eigenvalue weighted by Gasteiger charge is -2.16. The van der Waals surface area contributed by atoms with Crippen molar-refractivity contribution in [1.82, 2.24) is 0 Å². The van der Waals surface area contributed by atoms with Gasteiger partial charge in [0.2, 0.25) is 0 Å². The van der Waals surface area contributed by atoms with E-state index in [0.717, 1.165) is 12.1 Å². The molecule has 0 saturated carbocycles. The molecule has 0 heterocycles. The number of ether oxygens (including phenoxy) is 3. The molecule has 7 heteroatoms. The predicted molar refractivity (Wildman–Crippen MR) is 89.3 cm³/mol. The average Bonchev–Trinajstić information content (AvgIpc) is 2.61. The van der Waals surface area contributed by atoms with Gasteiger partial charge >= 0.3 is 12.1 Å². The Morgan fingerprint density at radius 2 is 1.42 bits per heavy atom. The number of hydrogen-bond donors (Lipinski definition) is 0. The molecule has 2 aromatic rings. The second-order valence-corrected chi connectivity index (χ2v) is 5.36. The fourth-order valence-corrected chi connectivity index (χ4v) is 2.13. The van der Waals surface area contributed by atoms with Gasteiger partial charge in [0.05, 0.1) is 12.2 Å². The minimum atomic E-state index is -4.38. The fourth-order valence-electron chi connectivity index (χ4n) is 2.13. The summed E-state index contributed by atoms with van der Waals surface area (Å²) in [6.45, 7) is 3.81. The van der Waals surface area contributed by atoms with Gasteiger partial charge in [0, 0.05) is 0 Å². The van der Waals surface area contributed by atoms with Crippen molar-refractivity contribution in [3.63, 3.8) is 0 Å². The largest absolute Gasteiger partial charge is 0.479 e. The normalized spacial score (nSPS) is 12.3. The lowest BCUT2D eigenvalue weighted by atomic mass is 10.2. The summed E-state index contributed by atoms with van der Waals surface area (Å²) in [5.41, 5.74) is -0.738. The zero-order valence-corrected chi connectivity index (χ0v) is 14.4. The van der Waals surface area contributed by atoms with Gasteiger partial charge in [-0.25, -0.2) is 4.79 Å². The van der Waals surface area contributed by atoms with Crippen LogP contribution in [0.25, 0.3) is 0 Å². The third kappa shape index (κ3) is 5.40. The van der Waals surface area contributed by atoms with Crippen molar-refractivity contribution in [3.8, 4) is 17.2 Å². The number of halogens is 3. The van der Waals surface area contributed by atoms with Crippen molar-refractivity contribution >= 4 is 5.97 Å². The van der Waals surface area contributed by atoms with Gasteiger partial charge in [-0.05, 0) is 61.9 Å². The molecule has 0 aliphatic carbocycles. The first-order valence-corrected chi connectivity index (χ1v) is 8.12. The maximum Gasteiger partial charge on any atom is 0.416 e. The van der Waals surface area contributed by atoms with E-state index in [-0.39, 0.29) is 12.4 Å². The van der Waals surface area contributed by atoms with Gasteiger partial charge in [-0.15, -0.1) is 0 Å². The number of esters is 1. The summed E-state index contributed by atoms with van der Waals surface area (Å²) in [5.74, 6) is 0.746. The van der Waals surface area contributed by atoms with E-state index in [4.69, 9.17) is 14.2 Å². The van der Waals surface area contributed by atoms with Crippen LogP contribution in [0.4, 0.5) is 13.2 Å². The molecule has 0 N–H and O–H groups in total. The molecule has 0 amide bonds. The Labute approximate surface area is 149 Å². The maximum absolute atomic E-state index is 12.5. The molecular weight excluding hydrogens is 349 g/mol. The molecule has 0 radical (unpaired) electrons. The Kier molecular flexibility index (Phi) is 6.49. The maximum atomic E-state index is 12.5. The summed E-state index contributed by atoms with van der Waals surface area (Å²) in [5, 5.41) is 0. The monoisotopic (exact) mass is 368 g/mol. The highest BCUT2D eigenvalue weighted by Crippen LogP contribution is 2.31. The van der Waals surface area contributed by atoms with Gasteiger partial charge in [0.1, 0.15) is 17.2 Å². The lowest BCUT2D eigenvalue weighted by molar-refractivity contribution is -0.151. The predicted octanol–water partition coefficient (Wildman–Crippen LogP) is 5.22. The number of alkyl halides is 3. The van der Waals surface area contributed by atoms with E-state index in [0.29, 0.717) is 17.9 Å². The van der Waals surface area contributed by atoms with E-state index in [1.54, 1.807) is 31.2 Å². The molecule has 0 fully saturated rings. The third-order valence-corrected chi connectivity index (χ3v) is 3.44. The molecule has 2 rings (SSSR count). The summed E-state index contributed by atoms with van der Waals surface area (Å²) >= 11 is 0. The summed E-state index contributed by atoms with van der Waals surface area (Å²) < 4.78 is 53.6. The van der Waals surface area contributed by atoms with Crippen molar-refractivity contribution in [2.75, 3.05) is 6.61 Å². The first kappa shape index (κ1) is 19.6. The summed E-state index contributed by atoms with van der Waals surface area (Å²) in [6.07, 6.45) is -4.62. The van der Waals surface area contributed by atoms with Crippen molar-refractivity contribution in [3.05, 3.63) is 54.1 Å². The Morgan fingerprint density at radius 3 is 1.88 bits per heavy atom. The molecule has 0 saturated heterocycles. The first-order chi connectivity index (χ1) is 12.3. The molecule has 0 spiro atoms. The smallest absolute Gasteiger partial charge is 0.416 e. The van der Waals surface area contributed by atoms with Crippen LogP contribution >= 0.6 is 0 Å². The van der Waals surface area contributed by atoms with Gasteiger partial charge in [-0.2, -0.15) is 13.2 Å². The van der Waals surface area contributed by atoms with Crippen LogP contribution in [-0.2, 0) is 15.7 Å². The molecule has 26 heavy (non-hydrogen) atoms. The van der Waals surface area contributed by atoms with E-state index < -0.39 is 23.8 Å². The van der Waals surface area contributed by atoms with Gasteiger partial charge < -0.3 is 14.2 Å². The summed E-state index contributed by atoms with van der Waals surface area (Å²) in [4.78, 5) is 11.7. The van der Waals surface area contributed by atoms with Gasteiger partial charge in [0.25, 0.3) is 0 Å². The topological polar surface area (TPSA) is 44.8 Å². The Hall–Kier alpha value is -2.70. The highest BCUT2D eigenvalue weighted by atomic mass is 19.4. The van der Waals surface area contributed by atoms with E-state index in [1.807, 2.05) is 6.92 Å². The van der Waals surface area contributed by atoms with Crippen molar-refractivity contribution < 1.29 is 32.2 Å². The standard InChI is InChI=1S/C19H19F3O4/c1-3-17(18(23)24-4-2)26-16-11-9-15(10-12-16)25-14-7-5-13(6-8-14)19(20,21)22/h5-12,17H,3-4H2,1-2H3. The van der Waals surface area contributed by atoms with Crippen LogP contribution < -0.4 is 9.47 Å². The second kappa shape index (κ2) is 8.60. The number of benzene rings is 2. The van der Waals surface area contributed by atoms with Gasteiger partial charge in [-0.3, -0.25) is 0 Å². The third-order valence-electron chi connectivity index (χ3n) is 3.44. The van der Waals surface area contributed by atoms with E-state index in [9.17, 15) is 18.0 Å². The molecular formula is C19H19F3O4. The van der Waals surface area contributed by atoms with Crippen molar-refractivity contribution in [2.45, 2.75) is 32.5 Å². The average molecular weight is 368 g/mol. The molecule has 4 nitrogen and oxygen atoms in total. The van der Waals surface area contributed by atoms with E-state index >= 15 is 0 Å². The van der Waals surface area contributed by atoms with Crippen LogP contribution in [0, 0.1) is 0 Å². The summed E-state index contributed by atoms with van der Waals surface area (Å²) in [6, 6.07) is 10.8. The Morgan fingerprint density at radius 1 is 0.923 bits per heavy atom. The van der Waals surface area contributed by atoms with Crippen molar-refractivity contribution in [1.29, 1.82) is 0 Å². The Bertz CT molecular complexity index is 709. The minimum Gasteiger partial charge on any atom is -0.479 e. The van der Waals surface area contributed by atoms with E-state index in [2.05, 4.69) is 0 Å². The van der Waals surface area contributed by atoms with Crippen LogP contribution in [0.3, 0.4) is 0 Å². The van der Waals surface area contributed by atoms with Gasteiger partial charge in [-0.1, -0.05) is 6.92 Å². The van der Waals surface area contributed by atoms with E-state index in [1.165, 1.54) is 12.1 Å². The number of rotatable bonds is 7. The second-order valence-electron chi connectivity index (χ2n) is 5.36.